The molecule has 0 saturated carbocycles. The number of aromatic hydroxyl groups is 1. The van der Waals surface area contributed by atoms with E-state index in [0.29, 0.717) is 12.4 Å². The van der Waals surface area contributed by atoms with Gasteiger partial charge in [0.1, 0.15) is 0 Å². The van der Waals surface area contributed by atoms with Crippen molar-refractivity contribution in [1.82, 2.24) is 0 Å². The van der Waals surface area contributed by atoms with E-state index in [0.717, 1.165) is 12.0 Å². The van der Waals surface area contributed by atoms with Crippen molar-refractivity contribution in [2.75, 3.05) is 6.61 Å². The van der Waals surface area contributed by atoms with Crippen LogP contribution in [0.4, 0.5) is 0 Å². The molecular weight excluding hydrogens is 176 g/mol. The summed E-state index contributed by atoms with van der Waals surface area (Å²) in [6.07, 6.45) is 4.86. The Kier molecular flexibility index (Phi) is 4.05. The Morgan fingerprint density at radius 2 is 2.21 bits per heavy atom. The van der Waals surface area contributed by atoms with Crippen LogP contribution in [0.5, 0.6) is 11.5 Å². The van der Waals surface area contributed by atoms with Crippen molar-refractivity contribution in [2.45, 2.75) is 20.3 Å². The van der Waals surface area contributed by atoms with Gasteiger partial charge in [-0.05, 0) is 31.0 Å². The normalized spacial score (nSPS) is 10.7. The number of allylic oxidation sites excluding steroid dienone is 1. The van der Waals surface area contributed by atoms with E-state index in [-0.39, 0.29) is 5.75 Å². The zero-order valence-electron chi connectivity index (χ0n) is 8.66. The summed E-state index contributed by atoms with van der Waals surface area (Å²) in [5.74, 6) is 0.758. The molecule has 2 heteroatoms. The Balaban J connectivity index is 2.84. The second-order valence-corrected chi connectivity index (χ2v) is 3.08. The number of hydrogen-bond donors (Lipinski definition) is 1. The van der Waals surface area contributed by atoms with Crippen LogP contribution >= 0.6 is 0 Å². The molecule has 0 spiro atoms. The molecule has 76 valence electrons. The smallest absolute Gasteiger partial charge is 0.161 e. The van der Waals surface area contributed by atoms with E-state index in [1.165, 1.54) is 0 Å². The number of ether oxygens (including phenoxy) is 1. The topological polar surface area (TPSA) is 29.5 Å². The highest BCUT2D eigenvalue weighted by Crippen LogP contribution is 2.27. The Morgan fingerprint density at radius 1 is 1.43 bits per heavy atom. The molecule has 0 aliphatic heterocycles. The summed E-state index contributed by atoms with van der Waals surface area (Å²) < 4.78 is 5.39. The van der Waals surface area contributed by atoms with Crippen LogP contribution in [-0.4, -0.2) is 11.7 Å². The van der Waals surface area contributed by atoms with Gasteiger partial charge in [0.05, 0.1) is 6.61 Å². The number of benzene rings is 1. The lowest BCUT2D eigenvalue weighted by Crippen LogP contribution is -1.95. The molecule has 0 aliphatic rings. The van der Waals surface area contributed by atoms with Crippen molar-refractivity contribution < 1.29 is 9.84 Å². The number of phenols is 1. The SMILES string of the molecule is CC=Cc1ccc(O)c(OCCC)c1. The van der Waals surface area contributed by atoms with Crippen molar-refractivity contribution in [3.05, 3.63) is 29.8 Å². The minimum Gasteiger partial charge on any atom is -0.504 e. The largest absolute Gasteiger partial charge is 0.504 e. The average molecular weight is 192 g/mol. The fraction of sp³-hybridized carbons (Fsp3) is 0.333. The molecule has 1 N–H and O–H groups in total. The monoisotopic (exact) mass is 192 g/mol. The molecule has 2 nitrogen and oxygen atoms in total. The van der Waals surface area contributed by atoms with Crippen molar-refractivity contribution in [3.8, 4) is 11.5 Å². The van der Waals surface area contributed by atoms with Crippen LogP contribution in [0.25, 0.3) is 6.08 Å². The molecule has 0 bridgehead atoms. The van der Waals surface area contributed by atoms with E-state index >= 15 is 0 Å². The molecule has 0 amide bonds. The Hall–Kier alpha value is -1.44. The first-order chi connectivity index (χ1) is 6.77. The summed E-state index contributed by atoms with van der Waals surface area (Å²) in [7, 11) is 0. The highest BCUT2D eigenvalue weighted by atomic mass is 16.5. The van der Waals surface area contributed by atoms with Crippen LogP contribution in [-0.2, 0) is 0 Å². The second-order valence-electron chi connectivity index (χ2n) is 3.08. The summed E-state index contributed by atoms with van der Waals surface area (Å²) in [6, 6.07) is 5.35. The Labute approximate surface area is 84.8 Å². The summed E-state index contributed by atoms with van der Waals surface area (Å²) >= 11 is 0. The second kappa shape index (κ2) is 5.32. The zero-order valence-corrected chi connectivity index (χ0v) is 8.66. The lowest BCUT2D eigenvalue weighted by atomic mass is 10.2. The van der Waals surface area contributed by atoms with Gasteiger partial charge < -0.3 is 9.84 Å². The third-order valence-corrected chi connectivity index (χ3v) is 1.80. The Bertz CT molecular complexity index is 316. The van der Waals surface area contributed by atoms with Crippen molar-refractivity contribution in [3.63, 3.8) is 0 Å². The van der Waals surface area contributed by atoms with Gasteiger partial charge in [-0.3, -0.25) is 0 Å². The molecule has 0 aromatic heterocycles. The molecule has 0 heterocycles. The molecule has 1 aromatic carbocycles. The van der Waals surface area contributed by atoms with Crippen molar-refractivity contribution in [1.29, 1.82) is 0 Å². The molecule has 1 rings (SSSR count). The molecule has 1 aromatic rings. The molecule has 0 fully saturated rings. The zero-order chi connectivity index (χ0) is 10.4. The van der Waals surface area contributed by atoms with E-state index in [4.69, 9.17) is 4.74 Å². The predicted molar refractivity (Wildman–Crippen MR) is 58.6 cm³/mol. The average Bonchev–Trinajstić information content (AvgIpc) is 2.19. The van der Waals surface area contributed by atoms with Gasteiger partial charge in [-0.15, -0.1) is 0 Å². The molecule has 0 unspecified atom stereocenters. The van der Waals surface area contributed by atoms with Crippen LogP contribution in [0.3, 0.4) is 0 Å². The van der Waals surface area contributed by atoms with Crippen LogP contribution in [0.2, 0.25) is 0 Å². The van der Waals surface area contributed by atoms with Gasteiger partial charge >= 0.3 is 0 Å². The van der Waals surface area contributed by atoms with Gasteiger partial charge in [-0.2, -0.15) is 0 Å². The standard InChI is InChI=1S/C12H16O2/c1-3-5-10-6-7-11(13)12(9-10)14-8-4-2/h3,5-7,9,13H,4,8H2,1-2H3. The highest BCUT2D eigenvalue weighted by molar-refractivity contribution is 5.55. The number of hydrogen-bond acceptors (Lipinski definition) is 2. The third-order valence-electron chi connectivity index (χ3n) is 1.80. The first-order valence-electron chi connectivity index (χ1n) is 4.86. The van der Waals surface area contributed by atoms with Crippen LogP contribution < -0.4 is 4.74 Å². The van der Waals surface area contributed by atoms with Gasteiger partial charge in [0.2, 0.25) is 0 Å². The number of phenolic OH excluding ortho intramolecular Hbond substituents is 1. The fourth-order valence-corrected chi connectivity index (χ4v) is 1.15. The minimum atomic E-state index is 0.201. The van der Waals surface area contributed by atoms with E-state index in [9.17, 15) is 5.11 Å². The maximum absolute atomic E-state index is 9.48. The van der Waals surface area contributed by atoms with Gasteiger partial charge in [-0.25, -0.2) is 0 Å². The molecular formula is C12H16O2. The minimum absolute atomic E-state index is 0.201. The van der Waals surface area contributed by atoms with Crippen molar-refractivity contribution in [2.24, 2.45) is 0 Å². The molecule has 0 atom stereocenters. The molecule has 0 aliphatic carbocycles. The van der Waals surface area contributed by atoms with Crippen molar-refractivity contribution >= 4 is 6.08 Å². The number of rotatable bonds is 4. The maximum Gasteiger partial charge on any atom is 0.161 e. The summed E-state index contributed by atoms with van der Waals surface area (Å²) in [5, 5.41) is 9.48. The quantitative estimate of drug-likeness (QED) is 0.793. The fourth-order valence-electron chi connectivity index (χ4n) is 1.15. The highest BCUT2D eigenvalue weighted by Gasteiger charge is 2.01. The summed E-state index contributed by atoms with van der Waals surface area (Å²) in [4.78, 5) is 0. The van der Waals surface area contributed by atoms with E-state index in [1.807, 2.05) is 38.1 Å². The molecule has 0 radical (unpaired) electrons. The van der Waals surface area contributed by atoms with E-state index < -0.39 is 0 Å². The van der Waals surface area contributed by atoms with E-state index in [1.54, 1.807) is 6.07 Å². The van der Waals surface area contributed by atoms with Gasteiger partial charge in [0.15, 0.2) is 11.5 Å². The lowest BCUT2D eigenvalue weighted by Gasteiger charge is -2.07. The van der Waals surface area contributed by atoms with Gasteiger partial charge in [-0.1, -0.05) is 25.1 Å². The summed E-state index contributed by atoms with van der Waals surface area (Å²) in [5.41, 5.74) is 1.04. The van der Waals surface area contributed by atoms with Gasteiger partial charge in [0, 0.05) is 0 Å². The predicted octanol–water partition coefficient (Wildman–Crippen LogP) is 3.21. The third kappa shape index (κ3) is 2.80. The van der Waals surface area contributed by atoms with Gasteiger partial charge in [0.25, 0.3) is 0 Å². The Morgan fingerprint density at radius 3 is 2.86 bits per heavy atom. The maximum atomic E-state index is 9.48. The van der Waals surface area contributed by atoms with Crippen LogP contribution in [0.1, 0.15) is 25.8 Å². The first kappa shape index (κ1) is 10.6. The lowest BCUT2D eigenvalue weighted by molar-refractivity contribution is 0.299. The summed E-state index contributed by atoms with van der Waals surface area (Å²) in [6.45, 7) is 4.62. The van der Waals surface area contributed by atoms with Crippen LogP contribution in [0.15, 0.2) is 24.3 Å². The van der Waals surface area contributed by atoms with Crippen LogP contribution in [0, 0.1) is 0 Å². The van der Waals surface area contributed by atoms with E-state index in [2.05, 4.69) is 0 Å². The first-order valence-corrected chi connectivity index (χ1v) is 4.86. The molecule has 0 saturated heterocycles. The molecule has 14 heavy (non-hydrogen) atoms.